The van der Waals surface area contributed by atoms with Crippen molar-refractivity contribution in [3.8, 4) is 0 Å². The molecule has 4 heterocycles. The average molecular weight is 574 g/mol. The zero-order chi connectivity index (χ0) is 28.6. The third-order valence-corrected chi connectivity index (χ3v) is 6.59. The van der Waals surface area contributed by atoms with Gasteiger partial charge in [-0.25, -0.2) is 14.6 Å². The molecule has 2 aliphatic heterocycles. The second-order valence-electron chi connectivity index (χ2n) is 8.56. The number of carbonyl (C=O) groups is 2. The van der Waals surface area contributed by atoms with Crippen LogP contribution in [-0.4, -0.2) is 82.3 Å². The summed E-state index contributed by atoms with van der Waals surface area (Å²) in [6, 6.07) is 4.01. The monoisotopic (exact) mass is 573 g/mol. The number of hydrogen-bond acceptors (Lipinski definition) is 8. The third kappa shape index (κ3) is 9.49. The second-order valence-corrected chi connectivity index (χ2v) is 9.50. The zero-order valence-electron chi connectivity index (χ0n) is 20.0. The molecule has 0 unspecified atom stereocenters. The Labute approximate surface area is 217 Å². The summed E-state index contributed by atoms with van der Waals surface area (Å²) in [4.78, 5) is 30.2. The lowest BCUT2D eigenvalue weighted by Crippen LogP contribution is -2.35. The van der Waals surface area contributed by atoms with Crippen LogP contribution >= 0.6 is 11.3 Å². The fourth-order valence-electron chi connectivity index (χ4n) is 3.80. The molecular weight excluding hydrogens is 548 g/mol. The molecule has 0 bridgehead atoms. The number of rotatable bonds is 6. The molecule has 212 valence electrons. The van der Waals surface area contributed by atoms with Gasteiger partial charge in [-0.1, -0.05) is 6.07 Å². The lowest BCUT2D eigenvalue weighted by molar-refractivity contribution is -0.193. The number of aliphatic carboxylic acids is 2. The third-order valence-electron chi connectivity index (χ3n) is 5.67. The summed E-state index contributed by atoms with van der Waals surface area (Å²) in [5.41, 5.74) is 4.37. The van der Waals surface area contributed by atoms with Crippen LogP contribution in [0, 0.1) is 18.3 Å². The summed E-state index contributed by atoms with van der Waals surface area (Å²) in [6.45, 7) is 8.27. The van der Waals surface area contributed by atoms with Gasteiger partial charge in [-0.15, -0.1) is 11.3 Å². The van der Waals surface area contributed by atoms with E-state index < -0.39 is 24.3 Å². The maximum absolute atomic E-state index is 10.6. The number of ether oxygens (including phenoxy) is 2. The van der Waals surface area contributed by atoms with Gasteiger partial charge in [-0.2, -0.15) is 26.3 Å². The van der Waals surface area contributed by atoms with E-state index in [1.165, 1.54) is 4.88 Å². The zero-order valence-corrected chi connectivity index (χ0v) is 20.8. The Bertz CT molecular complexity index is 1030. The van der Waals surface area contributed by atoms with Crippen LogP contribution in [0.25, 0.3) is 0 Å². The molecule has 38 heavy (non-hydrogen) atoms. The highest BCUT2D eigenvalue weighted by Crippen LogP contribution is 2.42. The van der Waals surface area contributed by atoms with Gasteiger partial charge in [0.1, 0.15) is 0 Å². The summed E-state index contributed by atoms with van der Waals surface area (Å²) >= 11 is 1.76. The van der Waals surface area contributed by atoms with Gasteiger partial charge in [-0.05, 0) is 18.6 Å². The molecule has 2 saturated heterocycles. The minimum absolute atomic E-state index is 0.140. The number of nitrogens with zero attached hydrogens (tertiary/aromatic N) is 3. The van der Waals surface area contributed by atoms with E-state index in [1.54, 1.807) is 17.5 Å². The summed E-state index contributed by atoms with van der Waals surface area (Å²) in [6.07, 6.45) is -6.51. The van der Waals surface area contributed by atoms with Gasteiger partial charge in [0.25, 0.3) is 0 Å². The van der Waals surface area contributed by atoms with Crippen molar-refractivity contribution in [3.63, 3.8) is 0 Å². The minimum Gasteiger partial charge on any atom is -0.475 e. The Balaban J connectivity index is 0.000000301. The average Bonchev–Trinajstić information content (AvgIpc) is 3.48. The van der Waals surface area contributed by atoms with Crippen molar-refractivity contribution in [2.75, 3.05) is 32.9 Å². The SMILES string of the molecule is Cc1ncsc1CN1C[C@@H]2COC[C@]2(COCc2cccnc2)C1.O=C(O)C(F)(F)F.O=C(O)C(F)(F)F. The lowest BCUT2D eigenvalue weighted by Gasteiger charge is -2.27. The Hall–Kier alpha value is -2.82. The van der Waals surface area contributed by atoms with Crippen molar-refractivity contribution in [1.29, 1.82) is 0 Å². The smallest absolute Gasteiger partial charge is 0.475 e. The topological polar surface area (TPSA) is 122 Å². The van der Waals surface area contributed by atoms with Gasteiger partial charge in [0, 0.05) is 48.2 Å². The van der Waals surface area contributed by atoms with Crippen LogP contribution < -0.4 is 0 Å². The molecule has 0 spiro atoms. The molecule has 0 saturated carbocycles. The molecule has 2 aliphatic rings. The summed E-state index contributed by atoms with van der Waals surface area (Å²) in [7, 11) is 0. The fraction of sp³-hybridized carbons (Fsp3) is 0.545. The fourth-order valence-corrected chi connectivity index (χ4v) is 4.62. The molecule has 0 radical (unpaired) electrons. The highest BCUT2D eigenvalue weighted by Gasteiger charge is 2.50. The van der Waals surface area contributed by atoms with Crippen molar-refractivity contribution >= 4 is 23.3 Å². The van der Waals surface area contributed by atoms with Gasteiger partial charge in [-0.3, -0.25) is 9.88 Å². The number of alkyl halides is 6. The maximum atomic E-state index is 10.6. The number of aromatic nitrogens is 2. The molecule has 2 fully saturated rings. The van der Waals surface area contributed by atoms with Crippen LogP contribution in [0.2, 0.25) is 0 Å². The molecule has 2 N–H and O–H groups in total. The van der Waals surface area contributed by atoms with Crippen molar-refractivity contribution in [2.24, 2.45) is 11.3 Å². The van der Waals surface area contributed by atoms with Gasteiger partial charge in [0.05, 0.1) is 37.6 Å². The molecule has 4 rings (SSSR count). The quantitative estimate of drug-likeness (QED) is 0.498. The normalized spacial score (nSPS) is 21.1. The number of halogens is 6. The Kier molecular flexibility index (Phi) is 11.0. The molecule has 0 aromatic carbocycles. The van der Waals surface area contributed by atoms with Crippen LogP contribution in [0.4, 0.5) is 26.3 Å². The number of fused-ring (bicyclic) bond motifs is 1. The first kappa shape index (κ1) is 31.4. The van der Waals surface area contributed by atoms with Crippen LogP contribution in [0.5, 0.6) is 0 Å². The van der Waals surface area contributed by atoms with E-state index in [0.717, 1.165) is 50.7 Å². The first-order valence-corrected chi connectivity index (χ1v) is 11.8. The van der Waals surface area contributed by atoms with E-state index in [4.69, 9.17) is 29.3 Å². The lowest BCUT2D eigenvalue weighted by atomic mass is 9.82. The predicted octanol–water partition coefficient (Wildman–Crippen LogP) is 3.78. The standard InChI is InChI=1S/C18H23N3O2S.2C2HF3O2/c1-14-17(24-13-20-14)7-21-6-16-9-23-12-18(16,10-21)11-22-8-15-3-2-4-19-5-15;2*3-2(4,5)1(6)7/h2-5,13,16H,6-12H2,1H3;2*(H,6,7)/t16-,18-;;/m1../s1. The van der Waals surface area contributed by atoms with Crippen molar-refractivity contribution in [1.82, 2.24) is 14.9 Å². The molecular formula is C22H25F6N3O6S. The van der Waals surface area contributed by atoms with Gasteiger partial charge < -0.3 is 19.7 Å². The van der Waals surface area contributed by atoms with Crippen LogP contribution in [0.15, 0.2) is 30.0 Å². The van der Waals surface area contributed by atoms with Crippen LogP contribution in [0.1, 0.15) is 16.1 Å². The predicted molar refractivity (Wildman–Crippen MR) is 120 cm³/mol. The maximum Gasteiger partial charge on any atom is 0.490 e. The van der Waals surface area contributed by atoms with E-state index in [2.05, 4.69) is 27.9 Å². The molecule has 2 atom stereocenters. The molecule has 2 aromatic rings. The van der Waals surface area contributed by atoms with Crippen molar-refractivity contribution in [3.05, 3.63) is 46.2 Å². The van der Waals surface area contributed by atoms with Crippen molar-refractivity contribution < 1.29 is 55.6 Å². The van der Waals surface area contributed by atoms with Gasteiger partial charge in [0.2, 0.25) is 0 Å². The number of carboxylic acid groups (broad SMARTS) is 2. The Morgan fingerprint density at radius 3 is 2.34 bits per heavy atom. The molecule has 9 nitrogen and oxygen atoms in total. The van der Waals surface area contributed by atoms with E-state index in [9.17, 15) is 26.3 Å². The number of thiazole rings is 1. The largest absolute Gasteiger partial charge is 0.490 e. The summed E-state index contributed by atoms with van der Waals surface area (Å²) < 4.78 is 75.3. The van der Waals surface area contributed by atoms with E-state index in [-0.39, 0.29) is 5.41 Å². The van der Waals surface area contributed by atoms with Crippen LogP contribution in [-0.2, 0) is 32.2 Å². The van der Waals surface area contributed by atoms with Crippen molar-refractivity contribution in [2.45, 2.75) is 32.4 Å². The highest BCUT2D eigenvalue weighted by atomic mass is 32.1. The minimum atomic E-state index is -5.08. The number of likely N-dealkylation sites (tertiary alicyclic amines) is 1. The molecule has 2 aromatic heterocycles. The summed E-state index contributed by atoms with van der Waals surface area (Å²) in [5, 5.41) is 14.2. The first-order chi connectivity index (χ1) is 17.6. The molecule has 0 aliphatic carbocycles. The molecule has 16 heteroatoms. The molecule has 0 amide bonds. The van der Waals surface area contributed by atoms with E-state index in [1.807, 2.05) is 17.8 Å². The Morgan fingerprint density at radius 1 is 1.21 bits per heavy atom. The van der Waals surface area contributed by atoms with Gasteiger partial charge in [0.15, 0.2) is 0 Å². The summed E-state index contributed by atoms with van der Waals surface area (Å²) in [5.74, 6) is -4.94. The van der Waals surface area contributed by atoms with Crippen LogP contribution in [0.3, 0.4) is 0 Å². The number of aryl methyl sites for hydroxylation is 1. The number of pyridine rings is 1. The number of hydrogen-bond donors (Lipinski definition) is 2. The van der Waals surface area contributed by atoms with E-state index in [0.29, 0.717) is 12.5 Å². The first-order valence-electron chi connectivity index (χ1n) is 10.9. The van der Waals surface area contributed by atoms with E-state index >= 15 is 0 Å². The second kappa shape index (κ2) is 13.3. The highest BCUT2D eigenvalue weighted by molar-refractivity contribution is 7.09. The number of carboxylic acids is 2. The van der Waals surface area contributed by atoms with Gasteiger partial charge >= 0.3 is 24.3 Å². The Morgan fingerprint density at radius 2 is 1.84 bits per heavy atom.